The molecule has 0 saturated carbocycles. The predicted molar refractivity (Wildman–Crippen MR) is 151 cm³/mol. The van der Waals surface area contributed by atoms with E-state index in [1.165, 1.54) is 0 Å². The third kappa shape index (κ3) is 6.04. The molecule has 0 spiro atoms. The lowest BCUT2D eigenvalue weighted by Crippen LogP contribution is -2.31. The second kappa shape index (κ2) is 12.5. The number of nitrogens with zero attached hydrogens (tertiary/aromatic N) is 5. The normalized spacial score (nSPS) is 18.3. The average Bonchev–Trinajstić information content (AvgIpc) is 3.53. The lowest BCUT2D eigenvalue weighted by molar-refractivity contribution is 0.160. The van der Waals surface area contributed by atoms with Crippen LogP contribution in [0.2, 0.25) is 0 Å². The number of aryl methyl sites for hydroxylation is 1. The monoisotopic (exact) mass is 532 g/mol. The van der Waals surface area contributed by atoms with Gasteiger partial charge in [-0.1, -0.05) is 24.3 Å². The van der Waals surface area contributed by atoms with Crippen LogP contribution in [0.15, 0.2) is 60.6 Å². The van der Waals surface area contributed by atoms with Crippen molar-refractivity contribution in [3.05, 3.63) is 77.7 Å². The maximum absolute atomic E-state index is 13.8. The number of hydrogen-bond donors (Lipinski definition) is 1. The van der Waals surface area contributed by atoms with Crippen molar-refractivity contribution in [2.45, 2.75) is 44.2 Å². The maximum Gasteiger partial charge on any atom is 0.222 e. The largest absolute Gasteiger partial charge is 0.496 e. The standard InChI is InChI=1S/C30H37FN6O2/c1-32-30-33-16-15-25(34-30)29-28(21-9-11-23(31)12-10-21)35-27-14-13-24(37(27)29)20-36(17-6-18-38-2)19-22-7-4-5-8-26(22)39-3/h4-5,7-9,11-12,15-16,21,24H,6,10,13-14,17-20H2,1-3H3,(H,32,33,34). The number of methoxy groups -OCH3 is 2. The SMILES string of the molecule is CNc1nccc(-c2c(C3C=CC(F)=CC3)nc3n2C(CN(CCCOC)Cc2ccccc2OC)CC3)n1. The Hall–Kier alpha value is -3.56. The number of aromatic nitrogens is 4. The lowest BCUT2D eigenvalue weighted by Gasteiger charge is -2.28. The van der Waals surface area contributed by atoms with E-state index in [9.17, 15) is 4.39 Å². The summed E-state index contributed by atoms with van der Waals surface area (Å²) in [5.74, 6) is 2.33. The molecule has 0 bridgehead atoms. The first-order valence-electron chi connectivity index (χ1n) is 13.6. The molecule has 9 heteroatoms. The van der Waals surface area contributed by atoms with Crippen LogP contribution < -0.4 is 10.1 Å². The fourth-order valence-corrected chi connectivity index (χ4v) is 5.63. The number of halogens is 1. The van der Waals surface area contributed by atoms with Gasteiger partial charge in [-0.2, -0.15) is 0 Å². The van der Waals surface area contributed by atoms with Crippen molar-refractivity contribution in [1.82, 2.24) is 24.4 Å². The van der Waals surface area contributed by atoms with Crippen molar-refractivity contribution in [3.8, 4) is 17.1 Å². The zero-order valence-corrected chi connectivity index (χ0v) is 22.9. The van der Waals surface area contributed by atoms with Gasteiger partial charge in [-0.3, -0.25) is 4.90 Å². The lowest BCUT2D eigenvalue weighted by atomic mass is 9.94. The van der Waals surface area contributed by atoms with E-state index in [1.807, 2.05) is 31.3 Å². The number of anilines is 1. The Morgan fingerprint density at radius 1 is 1.18 bits per heavy atom. The van der Waals surface area contributed by atoms with Gasteiger partial charge in [0.15, 0.2) is 0 Å². The van der Waals surface area contributed by atoms with Crippen LogP contribution >= 0.6 is 0 Å². The Bertz CT molecular complexity index is 1340. The highest BCUT2D eigenvalue weighted by Gasteiger charge is 2.33. The van der Waals surface area contributed by atoms with Crippen molar-refractivity contribution >= 4 is 5.95 Å². The minimum atomic E-state index is -0.194. The van der Waals surface area contributed by atoms with Gasteiger partial charge in [0.1, 0.15) is 17.4 Å². The fraction of sp³-hybridized carbons (Fsp3) is 0.433. The number of benzene rings is 1. The highest BCUT2D eigenvalue weighted by molar-refractivity contribution is 5.62. The van der Waals surface area contributed by atoms with E-state index < -0.39 is 0 Å². The minimum Gasteiger partial charge on any atom is -0.496 e. The van der Waals surface area contributed by atoms with Crippen molar-refractivity contribution in [2.24, 2.45) is 0 Å². The molecule has 2 aliphatic rings. The molecule has 8 nitrogen and oxygen atoms in total. The minimum absolute atomic E-state index is 0.00219. The van der Waals surface area contributed by atoms with Crippen molar-refractivity contribution in [3.63, 3.8) is 0 Å². The first kappa shape index (κ1) is 27.0. The number of allylic oxidation sites excluding steroid dienone is 4. The Morgan fingerprint density at radius 2 is 2.05 bits per heavy atom. The molecular formula is C30H37FN6O2. The second-order valence-electron chi connectivity index (χ2n) is 10.0. The predicted octanol–water partition coefficient (Wildman–Crippen LogP) is 5.31. The number of ether oxygens (including phenoxy) is 2. The van der Waals surface area contributed by atoms with E-state index >= 15 is 0 Å². The summed E-state index contributed by atoms with van der Waals surface area (Å²) in [7, 11) is 5.28. The number of nitrogens with one attached hydrogen (secondary N) is 1. The quantitative estimate of drug-likeness (QED) is 0.317. The van der Waals surface area contributed by atoms with Gasteiger partial charge in [-0.15, -0.1) is 0 Å². The first-order valence-corrected chi connectivity index (χ1v) is 13.6. The number of hydrogen-bond acceptors (Lipinski definition) is 7. The van der Waals surface area contributed by atoms with Crippen LogP contribution in [0, 0.1) is 0 Å². The molecule has 39 heavy (non-hydrogen) atoms. The molecular weight excluding hydrogens is 495 g/mol. The summed E-state index contributed by atoms with van der Waals surface area (Å²) in [6.07, 6.45) is 10.3. The van der Waals surface area contributed by atoms with Gasteiger partial charge in [-0.05, 0) is 43.5 Å². The van der Waals surface area contributed by atoms with Crippen molar-refractivity contribution < 1.29 is 13.9 Å². The molecule has 0 saturated heterocycles. The zero-order chi connectivity index (χ0) is 27.2. The van der Waals surface area contributed by atoms with Crippen LogP contribution in [-0.2, 0) is 17.7 Å². The highest BCUT2D eigenvalue weighted by atomic mass is 19.1. The van der Waals surface area contributed by atoms with E-state index in [4.69, 9.17) is 19.4 Å². The summed E-state index contributed by atoms with van der Waals surface area (Å²) in [5.41, 5.74) is 3.95. The third-order valence-electron chi connectivity index (χ3n) is 7.48. The molecule has 0 amide bonds. The molecule has 0 radical (unpaired) electrons. The Kier molecular flexibility index (Phi) is 8.68. The number of imidazole rings is 1. The molecule has 2 unspecified atom stereocenters. The number of para-hydroxylation sites is 1. The van der Waals surface area contributed by atoms with Gasteiger partial charge in [-0.25, -0.2) is 19.3 Å². The fourth-order valence-electron chi connectivity index (χ4n) is 5.63. The highest BCUT2D eigenvalue weighted by Crippen LogP contribution is 2.40. The summed E-state index contributed by atoms with van der Waals surface area (Å²) in [6.45, 7) is 3.26. The molecule has 1 aliphatic carbocycles. The van der Waals surface area contributed by atoms with Crippen LogP contribution in [0.5, 0.6) is 5.75 Å². The number of rotatable bonds is 12. The molecule has 1 N–H and O–H groups in total. The van der Waals surface area contributed by atoms with Crippen molar-refractivity contribution in [2.75, 3.05) is 46.3 Å². The smallest absolute Gasteiger partial charge is 0.222 e. The summed E-state index contributed by atoms with van der Waals surface area (Å²) in [6, 6.07) is 10.4. The second-order valence-corrected chi connectivity index (χ2v) is 10.0. The average molecular weight is 533 g/mol. The summed E-state index contributed by atoms with van der Waals surface area (Å²) >= 11 is 0. The van der Waals surface area contributed by atoms with E-state index in [-0.39, 0.29) is 17.8 Å². The molecule has 1 aromatic carbocycles. The molecule has 2 atom stereocenters. The first-order chi connectivity index (χ1) is 19.1. The van der Waals surface area contributed by atoms with E-state index in [0.29, 0.717) is 19.0 Å². The summed E-state index contributed by atoms with van der Waals surface area (Å²) < 4.78 is 27.2. The molecule has 0 fully saturated rings. The van der Waals surface area contributed by atoms with Gasteiger partial charge in [0.25, 0.3) is 0 Å². The van der Waals surface area contributed by atoms with Crippen molar-refractivity contribution in [1.29, 1.82) is 0 Å². The van der Waals surface area contributed by atoms with Gasteiger partial charge < -0.3 is 19.4 Å². The Labute approximate surface area is 229 Å². The van der Waals surface area contributed by atoms with Crippen LogP contribution in [-0.4, -0.2) is 65.4 Å². The maximum atomic E-state index is 13.8. The van der Waals surface area contributed by atoms with Gasteiger partial charge >= 0.3 is 0 Å². The van der Waals surface area contributed by atoms with E-state index in [1.54, 1.807) is 32.6 Å². The van der Waals surface area contributed by atoms with E-state index in [0.717, 1.165) is 73.1 Å². The van der Waals surface area contributed by atoms with Gasteiger partial charge in [0, 0.05) is 70.5 Å². The molecule has 1 aliphatic heterocycles. The van der Waals surface area contributed by atoms with Crippen LogP contribution in [0.1, 0.15) is 48.3 Å². The molecule has 206 valence electrons. The molecule has 3 aromatic rings. The summed E-state index contributed by atoms with van der Waals surface area (Å²) in [5, 5.41) is 3.06. The molecule has 5 rings (SSSR count). The summed E-state index contributed by atoms with van der Waals surface area (Å²) in [4.78, 5) is 16.8. The topological polar surface area (TPSA) is 77.3 Å². The molecule has 3 heterocycles. The van der Waals surface area contributed by atoms with Gasteiger partial charge in [0.2, 0.25) is 5.95 Å². The molecule has 2 aromatic heterocycles. The Balaban J connectivity index is 1.50. The Morgan fingerprint density at radius 3 is 2.82 bits per heavy atom. The van der Waals surface area contributed by atoms with Crippen LogP contribution in [0.4, 0.5) is 10.3 Å². The number of fused-ring (bicyclic) bond motifs is 1. The third-order valence-corrected chi connectivity index (χ3v) is 7.48. The van der Waals surface area contributed by atoms with E-state index in [2.05, 4.69) is 31.9 Å². The zero-order valence-electron chi connectivity index (χ0n) is 22.9. The van der Waals surface area contributed by atoms with Crippen LogP contribution in [0.25, 0.3) is 11.4 Å². The van der Waals surface area contributed by atoms with Gasteiger partial charge in [0.05, 0.1) is 24.2 Å². The van der Waals surface area contributed by atoms with Crippen LogP contribution in [0.3, 0.4) is 0 Å².